The third-order valence-corrected chi connectivity index (χ3v) is 12.9. The first-order chi connectivity index (χ1) is 39.6. The molecule has 448 valence electrons. The van der Waals surface area contributed by atoms with E-state index in [4.69, 9.17) is 47.4 Å². The highest BCUT2D eigenvalue weighted by Gasteiger charge is 2.11. The van der Waals surface area contributed by atoms with Crippen LogP contribution in [-0.2, 0) is 54.6 Å². The van der Waals surface area contributed by atoms with Gasteiger partial charge < -0.3 is 126 Å². The average Bonchev–Trinajstić information content (AvgIpc) is 3.64. The predicted molar refractivity (Wildman–Crippen MR) is 302 cm³/mol. The van der Waals surface area contributed by atoms with Gasteiger partial charge in [-0.15, -0.1) is 0 Å². The largest absolute Gasteiger partial charge is 1.00 e. The van der Waals surface area contributed by atoms with Gasteiger partial charge in [-0.3, -0.25) is 0 Å². The molecular weight excluding hydrogens is 1330 g/mol. The number of hydrazine groups is 1. The van der Waals surface area contributed by atoms with Crippen molar-refractivity contribution in [1.82, 2.24) is 0 Å². The van der Waals surface area contributed by atoms with E-state index in [1.807, 2.05) is 48.5 Å². The van der Waals surface area contributed by atoms with Crippen LogP contribution in [0.2, 0.25) is 0 Å². The van der Waals surface area contributed by atoms with Crippen molar-refractivity contribution in [2.24, 2.45) is 0 Å². The van der Waals surface area contributed by atoms with Gasteiger partial charge in [0.15, 0.2) is 75.8 Å². The third kappa shape index (κ3) is 24.9. The van der Waals surface area contributed by atoms with Gasteiger partial charge >= 0.3 is 0 Å². The van der Waals surface area contributed by atoms with E-state index < -0.39 is 0 Å². The zero-order valence-corrected chi connectivity index (χ0v) is 53.3. The van der Waals surface area contributed by atoms with E-state index in [-0.39, 0.29) is 67.9 Å². The number of ether oxygens (including phenoxy) is 10. The monoisotopic (exact) mass is 1400 g/mol. The summed E-state index contributed by atoms with van der Waals surface area (Å²) in [6, 6.07) is 49.9. The highest BCUT2D eigenvalue weighted by Crippen LogP contribution is 2.20. The van der Waals surface area contributed by atoms with Crippen LogP contribution in [0.4, 0.5) is 11.4 Å². The maximum absolute atomic E-state index is 5.68. The molecule has 4 aromatic carbocycles. The van der Waals surface area contributed by atoms with E-state index in [9.17, 15) is 0 Å². The lowest BCUT2D eigenvalue weighted by Gasteiger charge is -2.11. The van der Waals surface area contributed by atoms with Crippen molar-refractivity contribution in [3.63, 3.8) is 0 Å². The number of anilines is 2. The molecule has 18 aliphatic heterocycles. The van der Waals surface area contributed by atoms with Crippen molar-refractivity contribution in [3.05, 3.63) is 217 Å². The van der Waals surface area contributed by atoms with Crippen LogP contribution in [0.5, 0.6) is 23.0 Å². The normalized spacial score (nSPS) is 15.0. The molecule has 0 radical (unpaired) electrons. The summed E-state index contributed by atoms with van der Waals surface area (Å²) in [5.41, 5.74) is 16.2. The van der Waals surface area contributed by atoms with Crippen molar-refractivity contribution >= 4 is 11.4 Å². The maximum atomic E-state index is 5.68. The molecule has 0 unspecified atom stereocenters. The summed E-state index contributed by atoms with van der Waals surface area (Å²) >= 11 is 0. The fourth-order valence-electron chi connectivity index (χ4n) is 8.51. The summed E-state index contributed by atoms with van der Waals surface area (Å²) in [4.78, 5) is 0. The molecule has 0 atom stereocenters. The molecule has 0 aliphatic carbocycles. The first-order valence-corrected chi connectivity index (χ1v) is 27.4. The van der Waals surface area contributed by atoms with Crippen LogP contribution in [0.15, 0.2) is 195 Å². The SMILES string of the molecule is [Br-].[Br-].[Br-].[Br-].c1cc2ccc1C[n+]1ccc(cc1)NNc1cc[n+](cc1)Cc1ccc(cc1)C[n+]1ccc(cc1)-c1cc[n+](cc1)C2.c1cc2ccc1OCCOCCOCCOCCOc1ccc(cc1)OCCOCCOCCOCCO2. The number of benzene rings is 4. The van der Waals surface area contributed by atoms with Crippen LogP contribution in [0.25, 0.3) is 11.1 Å². The van der Waals surface area contributed by atoms with Crippen molar-refractivity contribution in [2.45, 2.75) is 26.2 Å². The van der Waals surface area contributed by atoms with Gasteiger partial charge in [-0.2, -0.15) is 0 Å². The average molecular weight is 1410 g/mol. The smallest absolute Gasteiger partial charge is 0.173 e. The van der Waals surface area contributed by atoms with Gasteiger partial charge in [-0.05, 0) is 59.7 Å². The summed E-state index contributed by atoms with van der Waals surface area (Å²) in [5.74, 6) is 3.05. The molecule has 0 fully saturated rings. The standard InChI is InChI=1S/C36H32N6.C28H40O10.4BrH/c1-5-31-6-2-29(1)25-39-17-9-33(10-18-39)34-11-19-40(20-12-34)26-30-3-7-32(8-4-30)28-42-23-15-36(16-24-42)38-37-35-13-21-41(27-31)22-14-35;1-2-26-4-3-25(1)35-21-17-31-13-9-29-11-15-33-19-23-37-27-5-7-28(8-6-27)38-24-20-34-16-12-30-10-14-32-18-22-36-26;;;;/h1-24H,25-28H2;1-8H,9-24H2;4*1H/q+2;;;;;/p-2. The fraction of sp³-hybridized carbons (Fsp3) is 0.312. The number of hydrogen-bond acceptors (Lipinski definition) is 12. The zero-order chi connectivity index (χ0) is 54.5. The molecule has 18 aliphatic rings. The van der Waals surface area contributed by atoms with Gasteiger partial charge in [0.05, 0.1) is 90.7 Å². The quantitative estimate of drug-likeness (QED) is 0.142. The van der Waals surface area contributed by atoms with Gasteiger partial charge in [0.2, 0.25) is 0 Å². The Morgan fingerprint density at radius 3 is 0.631 bits per heavy atom. The number of aromatic nitrogens is 4. The Balaban J connectivity index is 0.000000295. The molecule has 0 spiro atoms. The topological polar surface area (TPSA) is 132 Å². The number of hydrogen-bond donors (Lipinski definition) is 2. The van der Waals surface area contributed by atoms with Crippen molar-refractivity contribution in [3.8, 4) is 34.1 Å². The van der Waals surface area contributed by atoms with E-state index in [1.165, 1.54) is 33.4 Å². The molecule has 16 nitrogen and oxygen atoms in total. The molecule has 0 saturated heterocycles. The molecule has 8 aromatic rings. The van der Waals surface area contributed by atoms with Crippen molar-refractivity contribution in [1.29, 1.82) is 0 Å². The van der Waals surface area contributed by atoms with Crippen LogP contribution in [0.1, 0.15) is 22.3 Å². The number of nitrogens with zero attached hydrogens (tertiary/aromatic N) is 4. The van der Waals surface area contributed by atoms with E-state index in [0.29, 0.717) is 106 Å². The van der Waals surface area contributed by atoms with E-state index >= 15 is 0 Å². The second-order valence-electron chi connectivity index (χ2n) is 18.9. The van der Waals surface area contributed by atoms with Gasteiger partial charge in [-0.1, -0.05) is 48.5 Å². The molecule has 0 amide bonds. The lowest BCUT2D eigenvalue weighted by Crippen LogP contribution is -3.00. The lowest BCUT2D eigenvalue weighted by atomic mass is 10.1. The minimum Gasteiger partial charge on any atom is -1.00 e. The highest BCUT2D eigenvalue weighted by molar-refractivity contribution is 5.61. The molecule has 26 rings (SSSR count). The van der Waals surface area contributed by atoms with Crippen molar-refractivity contribution in [2.75, 3.05) is 117 Å². The van der Waals surface area contributed by atoms with Gasteiger partial charge in [0.1, 0.15) is 49.4 Å². The minimum atomic E-state index is 0. The summed E-state index contributed by atoms with van der Waals surface area (Å²) in [5, 5.41) is 0. The zero-order valence-electron chi connectivity index (χ0n) is 47.0. The molecule has 20 heteroatoms. The Labute approximate surface area is 535 Å². The van der Waals surface area contributed by atoms with Crippen LogP contribution in [0, 0.1) is 0 Å². The molecule has 16 bridgehead atoms. The molecule has 0 saturated carbocycles. The number of rotatable bonds is 0. The summed E-state index contributed by atoms with van der Waals surface area (Å²) < 4.78 is 64.7. The Kier molecular flexibility index (Phi) is 32.4. The summed E-state index contributed by atoms with van der Waals surface area (Å²) in [7, 11) is 0. The van der Waals surface area contributed by atoms with Gasteiger partial charge in [-0.25, -0.2) is 18.3 Å². The first kappa shape index (κ1) is 68.7. The number of nitrogens with one attached hydrogen (secondary N) is 2. The Morgan fingerprint density at radius 1 is 0.226 bits per heavy atom. The number of pyridine rings is 4. The molecular formula is C64H74Br4N6O10. The van der Waals surface area contributed by atoms with Gasteiger partial charge in [0.25, 0.3) is 0 Å². The molecule has 84 heavy (non-hydrogen) atoms. The molecule has 4 aromatic heterocycles. The Morgan fingerprint density at radius 2 is 0.417 bits per heavy atom. The Hall–Kier alpha value is -6.04. The second kappa shape index (κ2) is 39.6. The third-order valence-electron chi connectivity index (χ3n) is 12.9. The maximum Gasteiger partial charge on any atom is 0.173 e. The van der Waals surface area contributed by atoms with E-state index in [0.717, 1.165) is 60.6 Å². The van der Waals surface area contributed by atoms with Crippen LogP contribution >= 0.6 is 0 Å². The lowest BCUT2D eigenvalue weighted by molar-refractivity contribution is -0.689. The number of halogens is 4. The van der Waals surface area contributed by atoms with Crippen LogP contribution in [-0.4, -0.2) is 106 Å². The molecule has 2 N–H and O–H groups in total. The minimum absolute atomic E-state index is 0. The van der Waals surface area contributed by atoms with Gasteiger partial charge in [0, 0.05) is 70.8 Å². The predicted octanol–water partition coefficient (Wildman–Crippen LogP) is -4.52. The molecule has 22 heterocycles. The van der Waals surface area contributed by atoms with Crippen molar-refractivity contribution < 1.29 is 134 Å². The second-order valence-corrected chi connectivity index (χ2v) is 18.9. The van der Waals surface area contributed by atoms with E-state index in [2.05, 4.69) is 176 Å². The summed E-state index contributed by atoms with van der Waals surface area (Å²) in [6.45, 7) is 11.1. The van der Waals surface area contributed by atoms with Crippen LogP contribution in [0.3, 0.4) is 0 Å². The fourth-order valence-corrected chi connectivity index (χ4v) is 8.51. The Bertz CT molecular complexity index is 2720. The highest BCUT2D eigenvalue weighted by atomic mass is 79.9. The summed E-state index contributed by atoms with van der Waals surface area (Å²) in [6.07, 6.45) is 17.1. The van der Waals surface area contributed by atoms with Crippen LogP contribution < -0.4 is 116 Å². The van der Waals surface area contributed by atoms with E-state index in [1.54, 1.807) is 0 Å². The first-order valence-electron chi connectivity index (χ1n) is 27.4.